The van der Waals surface area contributed by atoms with Gasteiger partial charge in [-0.25, -0.2) is 9.78 Å². The summed E-state index contributed by atoms with van der Waals surface area (Å²) in [5.74, 6) is 0.431. The maximum Gasteiger partial charge on any atom is 0.337 e. The molecule has 0 atom stereocenters. The third kappa shape index (κ3) is 1.60. The van der Waals surface area contributed by atoms with Crippen LogP contribution in [0.4, 0.5) is 0 Å². The minimum atomic E-state index is -0.957. The number of aromatic nitrogens is 1. The van der Waals surface area contributed by atoms with Crippen molar-refractivity contribution in [3.63, 3.8) is 0 Å². The summed E-state index contributed by atoms with van der Waals surface area (Å²) in [6.45, 7) is 0.636. The Hall–Kier alpha value is -1.23. The lowest BCUT2D eigenvalue weighted by atomic mass is 10.3. The summed E-state index contributed by atoms with van der Waals surface area (Å²) in [6.07, 6.45) is 1.31. The Kier molecular flexibility index (Phi) is 2.10. The number of fused-ring (bicyclic) bond motifs is 1. The van der Waals surface area contributed by atoms with Crippen LogP contribution in [0.1, 0.15) is 10.4 Å². The summed E-state index contributed by atoms with van der Waals surface area (Å²) in [6, 6.07) is 1.59. The number of aromatic carboxylic acids is 1. The van der Waals surface area contributed by atoms with E-state index in [0.29, 0.717) is 12.5 Å². The fraction of sp³-hybridized carbons (Fsp3) is 0.250. The molecule has 2 heterocycles. The van der Waals surface area contributed by atoms with Crippen molar-refractivity contribution in [2.24, 2.45) is 0 Å². The SMILES string of the molecule is O=C(O)c1cnc2c(c1)SCCO2. The average molecular weight is 197 g/mol. The van der Waals surface area contributed by atoms with Crippen molar-refractivity contribution in [3.8, 4) is 5.88 Å². The first-order valence-electron chi connectivity index (χ1n) is 3.76. The summed E-state index contributed by atoms with van der Waals surface area (Å²) < 4.78 is 5.23. The predicted octanol–water partition coefficient (Wildman–Crippen LogP) is 1.26. The number of thioether (sulfide) groups is 1. The number of rotatable bonds is 1. The van der Waals surface area contributed by atoms with Crippen LogP contribution in [0.3, 0.4) is 0 Å². The molecule has 0 amide bonds. The van der Waals surface area contributed by atoms with Crippen molar-refractivity contribution >= 4 is 17.7 Å². The first-order valence-corrected chi connectivity index (χ1v) is 4.75. The van der Waals surface area contributed by atoms with Gasteiger partial charge in [0.15, 0.2) is 0 Å². The highest BCUT2D eigenvalue weighted by Gasteiger charge is 2.14. The highest BCUT2D eigenvalue weighted by molar-refractivity contribution is 7.99. The van der Waals surface area contributed by atoms with Gasteiger partial charge >= 0.3 is 5.97 Å². The monoisotopic (exact) mass is 197 g/mol. The second-order valence-electron chi connectivity index (χ2n) is 2.53. The molecule has 0 unspecified atom stereocenters. The molecule has 0 saturated carbocycles. The molecule has 68 valence electrons. The van der Waals surface area contributed by atoms with Gasteiger partial charge in [0.2, 0.25) is 5.88 Å². The van der Waals surface area contributed by atoms with Gasteiger partial charge in [0.25, 0.3) is 0 Å². The molecule has 1 aliphatic rings. The summed E-state index contributed by atoms with van der Waals surface area (Å²) >= 11 is 1.57. The van der Waals surface area contributed by atoms with Crippen molar-refractivity contribution in [1.82, 2.24) is 4.98 Å². The van der Waals surface area contributed by atoms with Crippen LogP contribution < -0.4 is 4.74 Å². The van der Waals surface area contributed by atoms with Crippen LogP contribution >= 0.6 is 11.8 Å². The van der Waals surface area contributed by atoms with E-state index in [4.69, 9.17) is 9.84 Å². The van der Waals surface area contributed by atoms with Crippen LogP contribution in [0.5, 0.6) is 5.88 Å². The van der Waals surface area contributed by atoms with E-state index < -0.39 is 5.97 Å². The molecule has 5 heteroatoms. The molecule has 0 spiro atoms. The van der Waals surface area contributed by atoms with Crippen molar-refractivity contribution in [1.29, 1.82) is 0 Å². The van der Waals surface area contributed by atoms with E-state index >= 15 is 0 Å². The lowest BCUT2D eigenvalue weighted by Crippen LogP contribution is -2.09. The normalized spacial score (nSPS) is 14.5. The number of carboxylic acid groups (broad SMARTS) is 1. The van der Waals surface area contributed by atoms with E-state index in [1.165, 1.54) is 6.20 Å². The average Bonchev–Trinajstić information content (AvgIpc) is 2.17. The molecule has 1 N–H and O–H groups in total. The van der Waals surface area contributed by atoms with Gasteiger partial charge in [-0.1, -0.05) is 0 Å². The number of pyridine rings is 1. The Morgan fingerprint density at radius 2 is 2.54 bits per heavy atom. The standard InChI is InChI=1S/C8H7NO3S/c10-8(11)5-3-6-7(9-4-5)12-1-2-13-6/h3-4H,1-2H2,(H,10,11). The second-order valence-corrected chi connectivity index (χ2v) is 3.67. The maximum atomic E-state index is 10.6. The summed E-state index contributed by atoms with van der Waals surface area (Å²) in [7, 11) is 0. The Morgan fingerprint density at radius 3 is 3.31 bits per heavy atom. The van der Waals surface area contributed by atoms with E-state index in [1.807, 2.05) is 0 Å². The zero-order valence-electron chi connectivity index (χ0n) is 6.69. The van der Waals surface area contributed by atoms with Crippen molar-refractivity contribution in [3.05, 3.63) is 17.8 Å². The quantitative estimate of drug-likeness (QED) is 0.734. The predicted molar refractivity (Wildman–Crippen MR) is 47.4 cm³/mol. The van der Waals surface area contributed by atoms with Crippen LogP contribution in [0.25, 0.3) is 0 Å². The van der Waals surface area contributed by atoms with Gasteiger partial charge in [-0.15, -0.1) is 11.8 Å². The number of carbonyl (C=O) groups is 1. The fourth-order valence-electron chi connectivity index (χ4n) is 1.05. The van der Waals surface area contributed by atoms with Gasteiger partial charge in [-0.05, 0) is 6.07 Å². The molecular weight excluding hydrogens is 190 g/mol. The van der Waals surface area contributed by atoms with Crippen LogP contribution in [0.15, 0.2) is 17.2 Å². The largest absolute Gasteiger partial charge is 0.478 e. The number of ether oxygens (including phenoxy) is 1. The Bertz CT molecular complexity index is 353. The van der Waals surface area contributed by atoms with Gasteiger partial charge < -0.3 is 9.84 Å². The van der Waals surface area contributed by atoms with Gasteiger partial charge in [0.1, 0.15) is 0 Å². The van der Waals surface area contributed by atoms with E-state index in [1.54, 1.807) is 17.8 Å². The smallest absolute Gasteiger partial charge is 0.337 e. The molecule has 1 aromatic heterocycles. The first-order chi connectivity index (χ1) is 6.27. The van der Waals surface area contributed by atoms with Crippen molar-refractivity contribution < 1.29 is 14.6 Å². The molecular formula is C8H7NO3S. The lowest BCUT2D eigenvalue weighted by molar-refractivity contribution is 0.0696. The van der Waals surface area contributed by atoms with E-state index in [-0.39, 0.29) is 5.56 Å². The fourth-order valence-corrected chi connectivity index (χ4v) is 1.88. The number of hydrogen-bond acceptors (Lipinski definition) is 4. The zero-order valence-corrected chi connectivity index (χ0v) is 7.50. The first kappa shape index (κ1) is 8.37. The molecule has 0 aromatic carbocycles. The molecule has 0 fully saturated rings. The van der Waals surface area contributed by atoms with Gasteiger partial charge in [-0.2, -0.15) is 0 Å². The van der Waals surface area contributed by atoms with Crippen molar-refractivity contribution in [2.45, 2.75) is 4.90 Å². The molecule has 0 saturated heterocycles. The zero-order chi connectivity index (χ0) is 9.26. The van der Waals surface area contributed by atoms with E-state index in [0.717, 1.165) is 10.6 Å². The minimum Gasteiger partial charge on any atom is -0.478 e. The van der Waals surface area contributed by atoms with Crippen LogP contribution in [0, 0.1) is 0 Å². The van der Waals surface area contributed by atoms with Crippen LogP contribution in [-0.4, -0.2) is 28.4 Å². The lowest BCUT2D eigenvalue weighted by Gasteiger charge is -2.14. The summed E-state index contributed by atoms with van der Waals surface area (Å²) in [5, 5.41) is 8.70. The molecule has 0 aliphatic carbocycles. The molecule has 13 heavy (non-hydrogen) atoms. The number of hydrogen-bond donors (Lipinski definition) is 1. The third-order valence-electron chi connectivity index (χ3n) is 1.64. The Labute approximate surface area is 78.9 Å². The molecule has 2 rings (SSSR count). The third-order valence-corrected chi connectivity index (χ3v) is 2.62. The van der Waals surface area contributed by atoms with Crippen LogP contribution in [-0.2, 0) is 0 Å². The van der Waals surface area contributed by atoms with Gasteiger partial charge in [0.05, 0.1) is 17.1 Å². The Morgan fingerprint density at radius 1 is 1.69 bits per heavy atom. The molecule has 0 bridgehead atoms. The van der Waals surface area contributed by atoms with Crippen LogP contribution in [0.2, 0.25) is 0 Å². The van der Waals surface area contributed by atoms with E-state index in [2.05, 4.69) is 4.98 Å². The Balaban J connectivity index is 2.40. The van der Waals surface area contributed by atoms with E-state index in [9.17, 15) is 4.79 Å². The molecule has 1 aliphatic heterocycles. The topological polar surface area (TPSA) is 59.4 Å². The molecule has 1 aromatic rings. The van der Waals surface area contributed by atoms with Crippen molar-refractivity contribution in [2.75, 3.05) is 12.4 Å². The van der Waals surface area contributed by atoms with Gasteiger partial charge in [-0.3, -0.25) is 0 Å². The maximum absolute atomic E-state index is 10.6. The summed E-state index contributed by atoms with van der Waals surface area (Å²) in [5.41, 5.74) is 0.205. The number of carboxylic acids is 1. The van der Waals surface area contributed by atoms with Gasteiger partial charge in [0, 0.05) is 11.9 Å². The highest BCUT2D eigenvalue weighted by atomic mass is 32.2. The second kappa shape index (κ2) is 3.26. The minimum absolute atomic E-state index is 0.205. The summed E-state index contributed by atoms with van der Waals surface area (Å²) in [4.78, 5) is 15.3. The number of nitrogens with zero attached hydrogens (tertiary/aromatic N) is 1. The molecule has 4 nitrogen and oxygen atoms in total. The highest BCUT2D eigenvalue weighted by Crippen LogP contribution is 2.31. The molecule has 0 radical (unpaired) electrons.